The summed E-state index contributed by atoms with van der Waals surface area (Å²) in [6.07, 6.45) is 0. The van der Waals surface area contributed by atoms with E-state index in [1.165, 1.54) is 17.1 Å². The van der Waals surface area contributed by atoms with E-state index in [2.05, 4.69) is 57.7 Å². The van der Waals surface area contributed by atoms with Crippen molar-refractivity contribution in [2.75, 3.05) is 19.8 Å². The Kier molecular flexibility index (Phi) is 7.56. The Morgan fingerprint density at radius 3 is 2.44 bits per heavy atom. The van der Waals surface area contributed by atoms with Crippen LogP contribution in [0, 0.1) is 0 Å². The summed E-state index contributed by atoms with van der Waals surface area (Å²) < 4.78 is 1.99. The maximum absolute atomic E-state index is 12.8. The lowest BCUT2D eigenvalue weighted by Gasteiger charge is -2.20. The molecule has 0 radical (unpaired) electrons. The van der Waals surface area contributed by atoms with E-state index >= 15 is 0 Å². The first-order chi connectivity index (χ1) is 16.3. The van der Waals surface area contributed by atoms with E-state index in [1.54, 1.807) is 0 Å². The van der Waals surface area contributed by atoms with Gasteiger partial charge in [-0.3, -0.25) is 14.3 Å². The Balaban J connectivity index is 1.48. The molecular formula is C26H28ClN5OS. The number of thioether (sulfide) groups is 1. The van der Waals surface area contributed by atoms with Crippen LogP contribution in [0.1, 0.15) is 37.3 Å². The lowest BCUT2D eigenvalue weighted by Crippen LogP contribution is -2.28. The molecule has 0 aliphatic heterocycles. The second-order valence-corrected chi connectivity index (χ2v) is 9.86. The van der Waals surface area contributed by atoms with Crippen molar-refractivity contribution in [3.05, 3.63) is 83.1 Å². The van der Waals surface area contributed by atoms with Crippen molar-refractivity contribution >= 4 is 40.0 Å². The normalized spacial score (nSPS) is 13.2. The van der Waals surface area contributed by atoms with Crippen molar-refractivity contribution in [1.82, 2.24) is 25.0 Å². The van der Waals surface area contributed by atoms with Crippen molar-refractivity contribution in [2.24, 2.45) is 0 Å². The number of nitrogens with zero attached hydrogens (tertiary/aromatic N) is 4. The zero-order chi connectivity index (χ0) is 24.2. The quantitative estimate of drug-likeness (QED) is 0.320. The first kappa shape index (κ1) is 24.3. The highest BCUT2D eigenvalue weighted by molar-refractivity contribution is 7.99. The number of carbonyl (C=O) groups excluding carboxylic acids is 1. The van der Waals surface area contributed by atoms with E-state index in [4.69, 9.17) is 11.6 Å². The average molecular weight is 494 g/mol. The van der Waals surface area contributed by atoms with Gasteiger partial charge in [0.25, 0.3) is 0 Å². The van der Waals surface area contributed by atoms with E-state index in [1.807, 2.05) is 62.0 Å². The standard InChI is InChI=1S/C26H28ClN5OS/c1-17(20-10-9-19-7-5-6-8-21(19)15-20)28-24(33)16-34-26-30-29-25(18(2)31(3)4)32(26)23-13-11-22(27)12-14-23/h5-15,17-18H,16H2,1-4H3,(H,28,33). The van der Waals surface area contributed by atoms with Gasteiger partial charge in [0.05, 0.1) is 17.8 Å². The highest BCUT2D eigenvalue weighted by Crippen LogP contribution is 2.28. The third kappa shape index (κ3) is 5.43. The first-order valence-corrected chi connectivity index (χ1v) is 12.5. The molecule has 4 aromatic rings. The lowest BCUT2D eigenvalue weighted by molar-refractivity contribution is -0.119. The van der Waals surface area contributed by atoms with Crippen molar-refractivity contribution in [2.45, 2.75) is 31.1 Å². The molecule has 0 aliphatic rings. The fourth-order valence-electron chi connectivity index (χ4n) is 3.68. The van der Waals surface area contributed by atoms with Gasteiger partial charge >= 0.3 is 0 Å². The number of benzene rings is 3. The Hall–Kier alpha value is -2.87. The third-order valence-corrected chi connectivity index (χ3v) is 7.06. The van der Waals surface area contributed by atoms with E-state index in [0.717, 1.165) is 22.5 Å². The largest absolute Gasteiger partial charge is 0.349 e. The minimum Gasteiger partial charge on any atom is -0.349 e. The summed E-state index contributed by atoms with van der Waals surface area (Å²) in [6, 6.07) is 22.0. The Morgan fingerprint density at radius 1 is 1.03 bits per heavy atom. The number of halogens is 1. The van der Waals surface area contributed by atoms with Gasteiger partial charge in [-0.05, 0) is 74.6 Å². The molecule has 0 saturated heterocycles. The van der Waals surface area contributed by atoms with Crippen LogP contribution in [0.3, 0.4) is 0 Å². The molecule has 4 rings (SSSR count). The van der Waals surface area contributed by atoms with Gasteiger partial charge in [0, 0.05) is 10.7 Å². The van der Waals surface area contributed by atoms with Gasteiger partial charge < -0.3 is 5.32 Å². The van der Waals surface area contributed by atoms with Gasteiger partial charge in [-0.2, -0.15) is 0 Å². The Morgan fingerprint density at radius 2 is 1.74 bits per heavy atom. The number of fused-ring (bicyclic) bond motifs is 1. The van der Waals surface area contributed by atoms with Crippen LogP contribution in [0.5, 0.6) is 0 Å². The zero-order valence-electron chi connectivity index (χ0n) is 19.7. The van der Waals surface area contributed by atoms with Gasteiger partial charge in [-0.15, -0.1) is 10.2 Å². The SMILES string of the molecule is CC(NC(=O)CSc1nnc(C(C)N(C)C)n1-c1ccc(Cl)cc1)c1ccc2ccccc2c1. The number of amides is 1. The fourth-order valence-corrected chi connectivity index (χ4v) is 4.58. The van der Waals surface area contributed by atoms with Gasteiger partial charge in [-0.25, -0.2) is 0 Å². The molecular weight excluding hydrogens is 466 g/mol. The second kappa shape index (κ2) is 10.6. The Bertz CT molecular complexity index is 1290. The molecule has 0 bridgehead atoms. The van der Waals surface area contributed by atoms with Crippen LogP contribution < -0.4 is 5.32 Å². The third-order valence-electron chi connectivity index (χ3n) is 5.87. The first-order valence-electron chi connectivity index (χ1n) is 11.1. The van der Waals surface area contributed by atoms with Crippen LogP contribution in [0.4, 0.5) is 0 Å². The molecule has 8 heteroatoms. The van der Waals surface area contributed by atoms with Crippen molar-refractivity contribution in [1.29, 1.82) is 0 Å². The monoisotopic (exact) mass is 493 g/mol. The van der Waals surface area contributed by atoms with Gasteiger partial charge in [0.15, 0.2) is 11.0 Å². The molecule has 3 aromatic carbocycles. The summed E-state index contributed by atoms with van der Waals surface area (Å²) >= 11 is 7.46. The number of rotatable bonds is 8. The number of hydrogen-bond donors (Lipinski definition) is 1. The van der Waals surface area contributed by atoms with Crippen molar-refractivity contribution < 1.29 is 4.79 Å². The molecule has 1 heterocycles. The van der Waals surface area contributed by atoms with Crippen LogP contribution >= 0.6 is 23.4 Å². The minimum atomic E-state index is -0.101. The summed E-state index contributed by atoms with van der Waals surface area (Å²) in [5, 5.41) is 15.6. The smallest absolute Gasteiger partial charge is 0.230 e. The molecule has 0 fully saturated rings. The Labute approximate surface area is 209 Å². The van der Waals surface area contributed by atoms with Gasteiger partial charge in [-0.1, -0.05) is 59.8 Å². The van der Waals surface area contributed by atoms with Gasteiger partial charge in [0.2, 0.25) is 5.91 Å². The maximum atomic E-state index is 12.8. The van der Waals surface area contributed by atoms with Crippen molar-refractivity contribution in [3.8, 4) is 5.69 Å². The molecule has 1 N–H and O–H groups in total. The van der Waals surface area contributed by atoms with E-state index in [-0.39, 0.29) is 23.7 Å². The van der Waals surface area contributed by atoms with Crippen LogP contribution in [-0.2, 0) is 4.79 Å². The van der Waals surface area contributed by atoms with Gasteiger partial charge in [0.1, 0.15) is 0 Å². The molecule has 2 atom stereocenters. The second-order valence-electron chi connectivity index (χ2n) is 8.48. The maximum Gasteiger partial charge on any atom is 0.230 e. The highest BCUT2D eigenvalue weighted by atomic mass is 35.5. The molecule has 34 heavy (non-hydrogen) atoms. The number of nitrogens with one attached hydrogen (secondary N) is 1. The van der Waals surface area contributed by atoms with Crippen LogP contribution in [0.15, 0.2) is 71.9 Å². The lowest BCUT2D eigenvalue weighted by atomic mass is 10.0. The summed E-state index contributed by atoms with van der Waals surface area (Å²) in [7, 11) is 4.00. The number of hydrogen-bond acceptors (Lipinski definition) is 5. The topological polar surface area (TPSA) is 63.1 Å². The van der Waals surface area contributed by atoms with E-state index < -0.39 is 0 Å². The highest BCUT2D eigenvalue weighted by Gasteiger charge is 2.22. The summed E-state index contributed by atoms with van der Waals surface area (Å²) in [5.74, 6) is 0.985. The fraction of sp³-hybridized carbons (Fsp3) is 0.269. The summed E-state index contributed by atoms with van der Waals surface area (Å²) in [6.45, 7) is 4.07. The molecule has 6 nitrogen and oxygen atoms in total. The van der Waals surface area contributed by atoms with E-state index in [0.29, 0.717) is 10.2 Å². The molecule has 1 aromatic heterocycles. The molecule has 0 saturated carbocycles. The number of aromatic nitrogens is 3. The average Bonchev–Trinajstić information content (AvgIpc) is 3.26. The van der Waals surface area contributed by atoms with Crippen LogP contribution in [0.25, 0.3) is 16.5 Å². The molecule has 176 valence electrons. The molecule has 1 amide bonds. The zero-order valence-corrected chi connectivity index (χ0v) is 21.3. The molecule has 2 unspecified atom stereocenters. The van der Waals surface area contributed by atoms with Crippen LogP contribution in [0.2, 0.25) is 5.02 Å². The van der Waals surface area contributed by atoms with Crippen LogP contribution in [-0.4, -0.2) is 45.4 Å². The van der Waals surface area contributed by atoms with E-state index in [9.17, 15) is 4.79 Å². The van der Waals surface area contributed by atoms with Crippen molar-refractivity contribution in [3.63, 3.8) is 0 Å². The predicted octanol–water partition coefficient (Wildman–Crippen LogP) is 5.67. The predicted molar refractivity (Wildman–Crippen MR) is 140 cm³/mol. The summed E-state index contributed by atoms with van der Waals surface area (Å²) in [5.41, 5.74) is 1.98. The minimum absolute atomic E-state index is 0.0410. The molecule has 0 aliphatic carbocycles. The number of carbonyl (C=O) groups is 1. The molecule has 0 spiro atoms. The summed E-state index contributed by atoms with van der Waals surface area (Å²) in [4.78, 5) is 14.9.